The van der Waals surface area contributed by atoms with E-state index in [9.17, 15) is 4.79 Å². The molecule has 1 aliphatic carbocycles. The fraction of sp³-hybridized carbons (Fsp3) is 0.615. The van der Waals surface area contributed by atoms with Crippen LogP contribution in [0, 0.1) is 0 Å². The molecule has 4 heteroatoms. The largest absolute Gasteiger partial charge is 0.352 e. The molecule has 1 aromatic heterocycles. The molecule has 1 aliphatic rings. The summed E-state index contributed by atoms with van der Waals surface area (Å²) in [6.45, 7) is 0.924. The summed E-state index contributed by atoms with van der Waals surface area (Å²) in [6.07, 6.45) is 9.89. The molecule has 0 radical (unpaired) electrons. The van der Waals surface area contributed by atoms with Gasteiger partial charge in [-0.05, 0) is 24.5 Å². The molecule has 0 unspecified atom stereocenters. The molecule has 2 rings (SSSR count). The number of nitrogens with one attached hydrogen (secondary N) is 1. The lowest BCUT2D eigenvalue weighted by Gasteiger charge is -2.22. The summed E-state index contributed by atoms with van der Waals surface area (Å²) in [5.41, 5.74) is 6.59. The van der Waals surface area contributed by atoms with Gasteiger partial charge in [-0.1, -0.05) is 19.3 Å². The van der Waals surface area contributed by atoms with E-state index in [0.717, 1.165) is 18.4 Å². The number of carbonyl (C=O) groups is 1. The molecule has 1 aromatic rings. The maximum atomic E-state index is 11.8. The first kappa shape index (κ1) is 12.2. The highest BCUT2D eigenvalue weighted by Gasteiger charge is 2.15. The van der Waals surface area contributed by atoms with E-state index in [1.807, 2.05) is 23.0 Å². The maximum Gasteiger partial charge on any atom is 0.240 e. The van der Waals surface area contributed by atoms with Gasteiger partial charge in [0.25, 0.3) is 0 Å². The van der Waals surface area contributed by atoms with Crippen LogP contribution in [0.2, 0.25) is 0 Å². The van der Waals surface area contributed by atoms with Gasteiger partial charge in [0.1, 0.15) is 6.54 Å². The van der Waals surface area contributed by atoms with Gasteiger partial charge in [-0.15, -0.1) is 0 Å². The average molecular weight is 235 g/mol. The number of hydrogen-bond acceptors (Lipinski definition) is 2. The molecule has 1 fully saturated rings. The third-order valence-corrected chi connectivity index (χ3v) is 3.34. The highest BCUT2D eigenvalue weighted by molar-refractivity contribution is 5.76. The lowest BCUT2D eigenvalue weighted by atomic mass is 9.95. The smallest absolute Gasteiger partial charge is 0.240 e. The fourth-order valence-corrected chi connectivity index (χ4v) is 2.40. The van der Waals surface area contributed by atoms with E-state index in [4.69, 9.17) is 5.73 Å². The van der Waals surface area contributed by atoms with Crippen molar-refractivity contribution in [3.05, 3.63) is 24.0 Å². The van der Waals surface area contributed by atoms with Gasteiger partial charge in [0, 0.05) is 25.0 Å². The highest BCUT2D eigenvalue weighted by Crippen LogP contribution is 2.17. The van der Waals surface area contributed by atoms with Gasteiger partial charge in [0.15, 0.2) is 0 Å². The zero-order chi connectivity index (χ0) is 12.1. The zero-order valence-electron chi connectivity index (χ0n) is 10.2. The Kier molecular flexibility index (Phi) is 4.20. The molecule has 3 N–H and O–H groups in total. The molecule has 0 saturated heterocycles. The molecular formula is C13H21N3O. The Labute approximate surface area is 102 Å². The SMILES string of the molecule is NCc1ccn(CC(=O)NC2CCCCC2)c1. The van der Waals surface area contributed by atoms with Crippen molar-refractivity contribution in [1.29, 1.82) is 0 Å². The quantitative estimate of drug-likeness (QED) is 0.828. The van der Waals surface area contributed by atoms with Crippen LogP contribution in [0.5, 0.6) is 0 Å². The Morgan fingerprint density at radius 3 is 2.82 bits per heavy atom. The highest BCUT2D eigenvalue weighted by atomic mass is 16.2. The molecule has 1 saturated carbocycles. The Balaban J connectivity index is 1.79. The van der Waals surface area contributed by atoms with Gasteiger partial charge in [0.2, 0.25) is 5.91 Å². The van der Waals surface area contributed by atoms with E-state index >= 15 is 0 Å². The van der Waals surface area contributed by atoms with Crippen LogP contribution in [-0.2, 0) is 17.9 Å². The van der Waals surface area contributed by atoms with Gasteiger partial charge < -0.3 is 15.6 Å². The Bertz CT molecular complexity index is 366. The third kappa shape index (κ3) is 3.60. The lowest BCUT2D eigenvalue weighted by molar-refractivity contribution is -0.122. The van der Waals surface area contributed by atoms with Crippen LogP contribution < -0.4 is 11.1 Å². The second-order valence-corrected chi connectivity index (χ2v) is 4.80. The van der Waals surface area contributed by atoms with Crippen molar-refractivity contribution >= 4 is 5.91 Å². The Morgan fingerprint density at radius 1 is 1.41 bits per heavy atom. The van der Waals surface area contributed by atoms with Crippen molar-refractivity contribution in [2.75, 3.05) is 0 Å². The van der Waals surface area contributed by atoms with Crippen LogP contribution in [0.25, 0.3) is 0 Å². The lowest BCUT2D eigenvalue weighted by Crippen LogP contribution is -2.38. The minimum atomic E-state index is 0.107. The van der Waals surface area contributed by atoms with Gasteiger partial charge in [-0.25, -0.2) is 0 Å². The van der Waals surface area contributed by atoms with E-state index in [1.165, 1.54) is 19.3 Å². The monoisotopic (exact) mass is 235 g/mol. The number of rotatable bonds is 4. The fourth-order valence-electron chi connectivity index (χ4n) is 2.40. The standard InChI is InChI=1S/C13H21N3O/c14-8-11-6-7-16(9-11)10-13(17)15-12-4-2-1-3-5-12/h6-7,9,12H,1-5,8,10,14H2,(H,15,17). The number of nitrogens with zero attached hydrogens (tertiary/aromatic N) is 1. The second-order valence-electron chi connectivity index (χ2n) is 4.80. The minimum Gasteiger partial charge on any atom is -0.352 e. The molecule has 0 spiro atoms. The normalized spacial score (nSPS) is 17.0. The molecule has 94 valence electrons. The molecule has 1 heterocycles. The van der Waals surface area contributed by atoms with Crippen molar-refractivity contribution in [1.82, 2.24) is 9.88 Å². The van der Waals surface area contributed by atoms with Crippen LogP contribution in [-0.4, -0.2) is 16.5 Å². The summed E-state index contributed by atoms with van der Waals surface area (Å²) in [7, 11) is 0. The van der Waals surface area contributed by atoms with Crippen LogP contribution in [0.15, 0.2) is 18.5 Å². The van der Waals surface area contributed by atoms with Crippen molar-refractivity contribution < 1.29 is 4.79 Å². The van der Waals surface area contributed by atoms with Crippen molar-refractivity contribution in [3.63, 3.8) is 0 Å². The number of aromatic nitrogens is 1. The summed E-state index contributed by atoms with van der Waals surface area (Å²) < 4.78 is 1.89. The van der Waals surface area contributed by atoms with E-state index in [-0.39, 0.29) is 5.91 Å². The summed E-state index contributed by atoms with van der Waals surface area (Å²) in [5.74, 6) is 0.107. The molecule has 0 bridgehead atoms. The molecule has 0 aliphatic heterocycles. The van der Waals surface area contributed by atoms with Gasteiger partial charge in [-0.3, -0.25) is 4.79 Å². The molecule has 1 amide bonds. The van der Waals surface area contributed by atoms with E-state index in [1.54, 1.807) is 0 Å². The maximum absolute atomic E-state index is 11.8. The summed E-state index contributed by atoms with van der Waals surface area (Å²) in [5, 5.41) is 3.10. The molecule has 0 aromatic carbocycles. The van der Waals surface area contributed by atoms with Crippen LogP contribution in [0.1, 0.15) is 37.7 Å². The number of hydrogen-bond donors (Lipinski definition) is 2. The average Bonchev–Trinajstić information content (AvgIpc) is 2.78. The summed E-state index contributed by atoms with van der Waals surface area (Å²) in [6, 6.07) is 2.34. The predicted octanol–water partition coefficient (Wildman–Crippen LogP) is 1.40. The number of amides is 1. The predicted molar refractivity (Wildman–Crippen MR) is 67.3 cm³/mol. The Morgan fingerprint density at radius 2 is 2.18 bits per heavy atom. The van der Waals surface area contributed by atoms with Crippen LogP contribution in [0.3, 0.4) is 0 Å². The van der Waals surface area contributed by atoms with E-state index in [0.29, 0.717) is 19.1 Å². The summed E-state index contributed by atoms with van der Waals surface area (Å²) in [4.78, 5) is 11.8. The van der Waals surface area contributed by atoms with E-state index in [2.05, 4.69) is 5.32 Å². The van der Waals surface area contributed by atoms with Gasteiger partial charge >= 0.3 is 0 Å². The second kappa shape index (κ2) is 5.87. The zero-order valence-corrected chi connectivity index (χ0v) is 10.2. The first-order valence-electron chi connectivity index (χ1n) is 6.42. The van der Waals surface area contributed by atoms with Gasteiger partial charge in [0.05, 0.1) is 0 Å². The third-order valence-electron chi connectivity index (χ3n) is 3.34. The molecule has 4 nitrogen and oxygen atoms in total. The molecule has 0 atom stereocenters. The van der Waals surface area contributed by atoms with Gasteiger partial charge in [-0.2, -0.15) is 0 Å². The summed E-state index contributed by atoms with van der Waals surface area (Å²) >= 11 is 0. The molecule has 17 heavy (non-hydrogen) atoms. The van der Waals surface area contributed by atoms with Crippen LogP contribution >= 0.6 is 0 Å². The number of carbonyl (C=O) groups excluding carboxylic acids is 1. The topological polar surface area (TPSA) is 60.0 Å². The minimum absolute atomic E-state index is 0.107. The Hall–Kier alpha value is -1.29. The molecular weight excluding hydrogens is 214 g/mol. The van der Waals surface area contributed by atoms with E-state index < -0.39 is 0 Å². The van der Waals surface area contributed by atoms with Crippen molar-refractivity contribution in [2.45, 2.75) is 51.2 Å². The van der Waals surface area contributed by atoms with Crippen LogP contribution in [0.4, 0.5) is 0 Å². The number of nitrogens with two attached hydrogens (primary N) is 1. The first-order valence-corrected chi connectivity index (χ1v) is 6.42. The van der Waals surface area contributed by atoms with Crippen molar-refractivity contribution in [2.24, 2.45) is 5.73 Å². The first-order chi connectivity index (χ1) is 8.28. The van der Waals surface area contributed by atoms with Crippen molar-refractivity contribution in [3.8, 4) is 0 Å².